The van der Waals surface area contributed by atoms with Gasteiger partial charge in [0.2, 0.25) is 0 Å². The number of rotatable bonds is 8. The summed E-state index contributed by atoms with van der Waals surface area (Å²) in [4.78, 5) is 10.9. The minimum atomic E-state index is -0.632. The first-order valence-corrected chi connectivity index (χ1v) is 6.17. The largest absolute Gasteiger partial charge is 0.481 e. The fraction of sp³-hybridized carbons (Fsp3) is 0.769. The van der Waals surface area contributed by atoms with Crippen molar-refractivity contribution in [2.24, 2.45) is 5.92 Å². The van der Waals surface area contributed by atoms with Gasteiger partial charge in [-0.1, -0.05) is 44.3 Å². The molecule has 15 heavy (non-hydrogen) atoms. The molecule has 0 fully saturated rings. The minimum absolute atomic E-state index is 0.173. The Hall–Kier alpha value is -0.790. The molecule has 0 aromatic heterocycles. The van der Waals surface area contributed by atoms with Crippen LogP contribution in [0.25, 0.3) is 0 Å². The highest BCUT2D eigenvalue weighted by molar-refractivity contribution is 5.84. The van der Waals surface area contributed by atoms with E-state index in [2.05, 4.69) is 13.8 Å². The van der Waals surface area contributed by atoms with E-state index in [1.165, 1.54) is 24.0 Å². The zero-order valence-electron chi connectivity index (χ0n) is 9.88. The molecule has 0 saturated carbocycles. The Bertz CT molecular complexity index is 253. The number of unbranched alkanes of at least 4 members (excludes halogenated alkanes) is 3. The molecule has 0 aliphatic heterocycles. The molecule has 0 saturated heterocycles. The summed E-state index contributed by atoms with van der Waals surface area (Å²) in [6.45, 7) is 4.32. The Kier molecular flexibility index (Phi) is 4.86. The number of hydrogen-bond donors (Lipinski definition) is 1. The highest BCUT2D eigenvalue weighted by atomic mass is 16.4. The SMILES string of the molecule is CCCCCC1=C(CCCC)C1C(=O)O. The zero-order valence-corrected chi connectivity index (χ0v) is 9.88. The maximum Gasteiger partial charge on any atom is 0.314 e. The maximum atomic E-state index is 10.9. The van der Waals surface area contributed by atoms with Gasteiger partial charge in [0.25, 0.3) is 0 Å². The molecule has 2 heteroatoms. The van der Waals surface area contributed by atoms with Crippen molar-refractivity contribution >= 4 is 5.97 Å². The summed E-state index contributed by atoms with van der Waals surface area (Å²) in [7, 11) is 0. The van der Waals surface area contributed by atoms with Crippen LogP contribution in [0.5, 0.6) is 0 Å². The Morgan fingerprint density at radius 3 is 2.07 bits per heavy atom. The van der Waals surface area contributed by atoms with Crippen LogP contribution in [0.15, 0.2) is 11.1 Å². The van der Waals surface area contributed by atoms with Gasteiger partial charge in [0.15, 0.2) is 0 Å². The summed E-state index contributed by atoms with van der Waals surface area (Å²) in [5, 5.41) is 9.01. The van der Waals surface area contributed by atoms with Crippen molar-refractivity contribution in [3.8, 4) is 0 Å². The van der Waals surface area contributed by atoms with Gasteiger partial charge in [-0.3, -0.25) is 4.79 Å². The van der Waals surface area contributed by atoms with Gasteiger partial charge in [0.05, 0.1) is 5.92 Å². The summed E-state index contributed by atoms with van der Waals surface area (Å²) in [6, 6.07) is 0. The molecule has 1 rings (SSSR count). The van der Waals surface area contributed by atoms with Gasteiger partial charge in [0.1, 0.15) is 0 Å². The first-order chi connectivity index (χ1) is 7.22. The van der Waals surface area contributed by atoms with Crippen LogP contribution in [0.2, 0.25) is 0 Å². The van der Waals surface area contributed by atoms with Gasteiger partial charge >= 0.3 is 5.97 Å². The fourth-order valence-electron chi connectivity index (χ4n) is 2.16. The van der Waals surface area contributed by atoms with Crippen LogP contribution < -0.4 is 0 Å². The smallest absolute Gasteiger partial charge is 0.314 e. The summed E-state index contributed by atoms with van der Waals surface area (Å²) >= 11 is 0. The third-order valence-corrected chi connectivity index (χ3v) is 3.12. The second kappa shape index (κ2) is 5.94. The third-order valence-electron chi connectivity index (χ3n) is 3.12. The number of carboxylic acids is 1. The predicted molar refractivity (Wildman–Crippen MR) is 61.8 cm³/mol. The number of carboxylic acid groups (broad SMARTS) is 1. The van der Waals surface area contributed by atoms with Crippen LogP contribution in [0, 0.1) is 5.92 Å². The summed E-state index contributed by atoms with van der Waals surface area (Å²) in [5.41, 5.74) is 2.48. The predicted octanol–water partition coefficient (Wildman–Crippen LogP) is 3.77. The molecule has 0 aromatic rings. The quantitative estimate of drug-likeness (QED) is 0.489. The van der Waals surface area contributed by atoms with E-state index in [1.54, 1.807) is 0 Å². The molecule has 1 aliphatic rings. The van der Waals surface area contributed by atoms with Crippen LogP contribution in [0.1, 0.15) is 58.8 Å². The lowest BCUT2D eigenvalue weighted by Gasteiger charge is -1.94. The molecular formula is C13H22O2. The van der Waals surface area contributed by atoms with E-state index in [0.717, 1.165) is 32.1 Å². The van der Waals surface area contributed by atoms with E-state index in [1.807, 2.05) is 0 Å². The molecule has 1 N–H and O–H groups in total. The van der Waals surface area contributed by atoms with Crippen molar-refractivity contribution in [1.29, 1.82) is 0 Å². The van der Waals surface area contributed by atoms with E-state index in [0.29, 0.717) is 0 Å². The van der Waals surface area contributed by atoms with E-state index in [9.17, 15) is 4.79 Å². The zero-order chi connectivity index (χ0) is 11.3. The van der Waals surface area contributed by atoms with Gasteiger partial charge in [0, 0.05) is 0 Å². The number of carbonyl (C=O) groups is 1. The van der Waals surface area contributed by atoms with Crippen molar-refractivity contribution < 1.29 is 9.90 Å². The molecule has 0 spiro atoms. The van der Waals surface area contributed by atoms with Crippen LogP contribution in [0.4, 0.5) is 0 Å². The second-order valence-electron chi connectivity index (χ2n) is 4.38. The molecule has 86 valence electrons. The van der Waals surface area contributed by atoms with Crippen LogP contribution in [-0.4, -0.2) is 11.1 Å². The first kappa shape index (κ1) is 12.3. The van der Waals surface area contributed by atoms with Crippen LogP contribution >= 0.6 is 0 Å². The Morgan fingerprint density at radius 2 is 1.60 bits per heavy atom. The summed E-state index contributed by atoms with van der Waals surface area (Å²) in [5.74, 6) is -0.805. The van der Waals surface area contributed by atoms with Crippen molar-refractivity contribution in [1.82, 2.24) is 0 Å². The fourth-order valence-corrected chi connectivity index (χ4v) is 2.16. The number of aliphatic carboxylic acids is 1. The number of hydrogen-bond acceptors (Lipinski definition) is 1. The Labute approximate surface area is 92.4 Å². The van der Waals surface area contributed by atoms with Gasteiger partial charge in [-0.15, -0.1) is 0 Å². The second-order valence-corrected chi connectivity index (χ2v) is 4.38. The molecular weight excluding hydrogens is 188 g/mol. The average molecular weight is 210 g/mol. The molecule has 2 nitrogen and oxygen atoms in total. The van der Waals surface area contributed by atoms with Crippen LogP contribution in [0.3, 0.4) is 0 Å². The topological polar surface area (TPSA) is 37.3 Å². The molecule has 0 amide bonds. The normalized spacial score (nSPS) is 19.5. The van der Waals surface area contributed by atoms with Gasteiger partial charge in [-0.25, -0.2) is 0 Å². The highest BCUT2D eigenvalue weighted by Gasteiger charge is 2.40. The lowest BCUT2D eigenvalue weighted by molar-refractivity contribution is -0.138. The summed E-state index contributed by atoms with van der Waals surface area (Å²) in [6.07, 6.45) is 7.89. The molecule has 1 unspecified atom stereocenters. The monoisotopic (exact) mass is 210 g/mol. The van der Waals surface area contributed by atoms with E-state index in [4.69, 9.17) is 5.11 Å². The van der Waals surface area contributed by atoms with E-state index >= 15 is 0 Å². The van der Waals surface area contributed by atoms with Crippen molar-refractivity contribution in [3.63, 3.8) is 0 Å². The van der Waals surface area contributed by atoms with Crippen molar-refractivity contribution in [2.75, 3.05) is 0 Å². The van der Waals surface area contributed by atoms with Crippen LogP contribution in [-0.2, 0) is 4.79 Å². The van der Waals surface area contributed by atoms with E-state index in [-0.39, 0.29) is 5.92 Å². The molecule has 0 bridgehead atoms. The third kappa shape index (κ3) is 3.37. The Morgan fingerprint density at radius 1 is 1.07 bits per heavy atom. The lowest BCUT2D eigenvalue weighted by Crippen LogP contribution is -2.02. The van der Waals surface area contributed by atoms with Crippen molar-refractivity contribution in [3.05, 3.63) is 11.1 Å². The minimum Gasteiger partial charge on any atom is -0.481 e. The lowest BCUT2D eigenvalue weighted by atomic mass is 10.1. The molecule has 0 heterocycles. The molecule has 1 aliphatic carbocycles. The highest BCUT2D eigenvalue weighted by Crippen LogP contribution is 2.45. The average Bonchev–Trinajstić information content (AvgIpc) is 2.89. The molecule has 0 aromatic carbocycles. The van der Waals surface area contributed by atoms with Gasteiger partial charge in [-0.05, 0) is 25.7 Å². The van der Waals surface area contributed by atoms with E-state index < -0.39 is 5.97 Å². The molecule has 1 atom stereocenters. The maximum absolute atomic E-state index is 10.9. The molecule has 0 radical (unpaired) electrons. The van der Waals surface area contributed by atoms with Crippen molar-refractivity contribution in [2.45, 2.75) is 58.8 Å². The first-order valence-electron chi connectivity index (χ1n) is 6.17. The van der Waals surface area contributed by atoms with Gasteiger partial charge < -0.3 is 5.11 Å². The van der Waals surface area contributed by atoms with Gasteiger partial charge in [-0.2, -0.15) is 0 Å². The Balaban J connectivity index is 2.36. The standard InChI is InChI=1S/C13H22O2/c1-3-5-7-9-11-10(8-6-4-2)12(11)13(14)15/h12H,3-9H2,1-2H3,(H,14,15). The summed E-state index contributed by atoms with van der Waals surface area (Å²) < 4.78 is 0.